The van der Waals surface area contributed by atoms with E-state index in [4.69, 9.17) is 23.2 Å². The first-order valence-corrected chi connectivity index (χ1v) is 7.09. The molecule has 0 saturated carbocycles. The average Bonchev–Trinajstić information content (AvgIpc) is 2.62. The molecule has 2 aromatic rings. The third-order valence-corrected chi connectivity index (χ3v) is 3.44. The van der Waals surface area contributed by atoms with E-state index in [1.165, 1.54) is 6.92 Å². The van der Waals surface area contributed by atoms with E-state index in [0.717, 1.165) is 22.6 Å². The van der Waals surface area contributed by atoms with Crippen molar-refractivity contribution in [3.05, 3.63) is 51.3 Å². The molecular formula is C15H15Cl2N3O. The van der Waals surface area contributed by atoms with Gasteiger partial charge in [-0.1, -0.05) is 23.2 Å². The largest absolute Gasteiger partial charge is 0.318 e. The van der Waals surface area contributed by atoms with Crippen LogP contribution in [0.2, 0.25) is 10.0 Å². The quantitative estimate of drug-likeness (QED) is 0.676. The van der Waals surface area contributed by atoms with Gasteiger partial charge < -0.3 is 4.57 Å². The molecule has 110 valence electrons. The lowest BCUT2D eigenvalue weighted by atomic mass is 10.2. The zero-order valence-electron chi connectivity index (χ0n) is 11.9. The van der Waals surface area contributed by atoms with Crippen molar-refractivity contribution in [1.29, 1.82) is 0 Å². The van der Waals surface area contributed by atoms with E-state index in [1.54, 1.807) is 12.3 Å². The highest BCUT2D eigenvalue weighted by molar-refractivity contribution is 6.34. The molecule has 0 aliphatic carbocycles. The highest BCUT2D eigenvalue weighted by atomic mass is 35.5. The Morgan fingerprint density at radius 2 is 1.81 bits per heavy atom. The molecule has 0 fully saturated rings. The van der Waals surface area contributed by atoms with Gasteiger partial charge in [-0.3, -0.25) is 4.79 Å². The molecule has 1 heterocycles. The van der Waals surface area contributed by atoms with Gasteiger partial charge in [0.1, 0.15) is 0 Å². The van der Waals surface area contributed by atoms with E-state index in [2.05, 4.69) is 10.5 Å². The number of hydrogen-bond donors (Lipinski definition) is 1. The number of hydrogen-bond acceptors (Lipinski definition) is 2. The SMILES string of the molecule is CC(=O)N/N=C/c1cc(C)n(-c2cc(Cl)cc(Cl)c2)c1C. The number of halogens is 2. The molecule has 0 aliphatic heterocycles. The minimum Gasteiger partial charge on any atom is -0.318 e. The first-order valence-electron chi connectivity index (χ1n) is 6.33. The number of hydrazone groups is 1. The molecular weight excluding hydrogens is 309 g/mol. The summed E-state index contributed by atoms with van der Waals surface area (Å²) in [6, 6.07) is 7.37. The van der Waals surface area contributed by atoms with Crippen molar-refractivity contribution in [2.24, 2.45) is 5.10 Å². The summed E-state index contributed by atoms with van der Waals surface area (Å²) in [4.78, 5) is 10.8. The van der Waals surface area contributed by atoms with E-state index in [-0.39, 0.29) is 5.91 Å². The third kappa shape index (κ3) is 3.65. The molecule has 21 heavy (non-hydrogen) atoms. The number of aromatic nitrogens is 1. The zero-order chi connectivity index (χ0) is 15.6. The normalized spacial score (nSPS) is 11.1. The number of carbonyl (C=O) groups excluding carboxylic acids is 1. The Labute approximate surface area is 133 Å². The fraction of sp³-hybridized carbons (Fsp3) is 0.200. The summed E-state index contributed by atoms with van der Waals surface area (Å²) in [6.07, 6.45) is 1.62. The monoisotopic (exact) mass is 323 g/mol. The first-order chi connectivity index (χ1) is 9.88. The van der Waals surface area contributed by atoms with Crippen molar-refractivity contribution < 1.29 is 4.79 Å². The van der Waals surface area contributed by atoms with Gasteiger partial charge in [0.25, 0.3) is 0 Å². The second-order valence-electron chi connectivity index (χ2n) is 4.72. The van der Waals surface area contributed by atoms with Crippen LogP contribution in [0.5, 0.6) is 0 Å². The lowest BCUT2D eigenvalue weighted by Gasteiger charge is -2.10. The fourth-order valence-corrected chi connectivity index (χ4v) is 2.69. The minimum atomic E-state index is -0.207. The van der Waals surface area contributed by atoms with E-state index in [1.807, 2.05) is 36.6 Å². The average molecular weight is 324 g/mol. The third-order valence-electron chi connectivity index (χ3n) is 3.00. The van der Waals surface area contributed by atoms with Gasteiger partial charge >= 0.3 is 0 Å². The lowest BCUT2D eigenvalue weighted by molar-refractivity contribution is -0.118. The van der Waals surface area contributed by atoms with Crippen LogP contribution >= 0.6 is 23.2 Å². The smallest absolute Gasteiger partial charge is 0.236 e. The summed E-state index contributed by atoms with van der Waals surface area (Å²) in [5, 5.41) is 5.06. The van der Waals surface area contributed by atoms with E-state index >= 15 is 0 Å². The van der Waals surface area contributed by atoms with Gasteiger partial charge in [0.2, 0.25) is 5.91 Å². The number of carbonyl (C=O) groups is 1. The van der Waals surface area contributed by atoms with E-state index in [0.29, 0.717) is 10.0 Å². The standard InChI is InChI=1S/C15H15Cl2N3O/c1-9-4-12(8-18-19-11(3)21)10(2)20(9)15-6-13(16)5-14(17)7-15/h4-8H,1-3H3,(H,19,21)/b18-8+. The molecule has 1 N–H and O–H groups in total. The van der Waals surface area contributed by atoms with Gasteiger partial charge in [-0.05, 0) is 38.1 Å². The van der Waals surface area contributed by atoms with Gasteiger partial charge in [-0.2, -0.15) is 5.10 Å². The molecule has 0 bridgehead atoms. The number of amides is 1. The van der Waals surface area contributed by atoms with Crippen LogP contribution in [0.1, 0.15) is 23.9 Å². The maximum Gasteiger partial charge on any atom is 0.236 e. The van der Waals surface area contributed by atoms with E-state index < -0.39 is 0 Å². The summed E-state index contributed by atoms with van der Waals surface area (Å²) >= 11 is 12.1. The van der Waals surface area contributed by atoms with Crippen molar-refractivity contribution in [3.63, 3.8) is 0 Å². The summed E-state index contributed by atoms with van der Waals surface area (Å²) in [5.41, 5.74) is 6.20. The molecule has 1 aromatic heterocycles. The molecule has 0 saturated heterocycles. The van der Waals surface area contributed by atoms with Crippen molar-refractivity contribution in [3.8, 4) is 5.69 Å². The van der Waals surface area contributed by atoms with Crippen molar-refractivity contribution in [2.45, 2.75) is 20.8 Å². The predicted octanol–water partition coefficient (Wildman–Crippen LogP) is 3.87. The summed E-state index contributed by atoms with van der Waals surface area (Å²) in [5.74, 6) is -0.207. The minimum absolute atomic E-state index is 0.207. The second-order valence-corrected chi connectivity index (χ2v) is 5.59. The lowest BCUT2D eigenvalue weighted by Crippen LogP contribution is -2.12. The highest BCUT2D eigenvalue weighted by Crippen LogP contribution is 2.25. The molecule has 4 nitrogen and oxygen atoms in total. The number of benzene rings is 1. The van der Waals surface area contributed by atoms with Gasteiger partial charge in [0, 0.05) is 39.6 Å². The Hall–Kier alpha value is -1.78. The predicted molar refractivity (Wildman–Crippen MR) is 86.7 cm³/mol. The zero-order valence-corrected chi connectivity index (χ0v) is 13.5. The van der Waals surface area contributed by atoms with Crippen molar-refractivity contribution >= 4 is 35.3 Å². The second kappa shape index (κ2) is 6.33. The van der Waals surface area contributed by atoms with Gasteiger partial charge in [0.05, 0.1) is 6.21 Å². The maximum atomic E-state index is 10.8. The van der Waals surface area contributed by atoms with Crippen LogP contribution in [-0.4, -0.2) is 16.7 Å². The first kappa shape index (κ1) is 15.6. The van der Waals surface area contributed by atoms with Crippen LogP contribution in [0.4, 0.5) is 0 Å². The Morgan fingerprint density at radius 1 is 1.19 bits per heavy atom. The van der Waals surface area contributed by atoms with Crippen LogP contribution in [0, 0.1) is 13.8 Å². The van der Waals surface area contributed by atoms with Crippen LogP contribution in [-0.2, 0) is 4.79 Å². The van der Waals surface area contributed by atoms with Gasteiger partial charge in [-0.15, -0.1) is 0 Å². The van der Waals surface area contributed by atoms with Crippen LogP contribution in [0.3, 0.4) is 0 Å². The van der Waals surface area contributed by atoms with Crippen LogP contribution in [0.15, 0.2) is 29.4 Å². The van der Waals surface area contributed by atoms with Gasteiger partial charge in [0.15, 0.2) is 0 Å². The van der Waals surface area contributed by atoms with Crippen molar-refractivity contribution in [1.82, 2.24) is 9.99 Å². The summed E-state index contributed by atoms with van der Waals surface area (Å²) in [7, 11) is 0. The molecule has 0 aliphatic rings. The molecule has 0 atom stereocenters. The Morgan fingerprint density at radius 3 is 2.38 bits per heavy atom. The van der Waals surface area contributed by atoms with Gasteiger partial charge in [-0.25, -0.2) is 5.43 Å². The number of aryl methyl sites for hydroxylation is 1. The summed E-state index contributed by atoms with van der Waals surface area (Å²) in [6.45, 7) is 5.36. The number of nitrogens with zero attached hydrogens (tertiary/aromatic N) is 2. The van der Waals surface area contributed by atoms with Crippen molar-refractivity contribution in [2.75, 3.05) is 0 Å². The topological polar surface area (TPSA) is 46.4 Å². The van der Waals surface area contributed by atoms with Crippen LogP contribution < -0.4 is 5.43 Å². The van der Waals surface area contributed by atoms with Crippen LogP contribution in [0.25, 0.3) is 5.69 Å². The Kier molecular flexibility index (Phi) is 4.70. The Bertz CT molecular complexity index is 700. The molecule has 0 radical (unpaired) electrons. The molecule has 2 rings (SSSR count). The Balaban J connectivity index is 2.43. The molecule has 0 unspecified atom stereocenters. The fourth-order valence-electron chi connectivity index (χ4n) is 2.18. The van der Waals surface area contributed by atoms with E-state index in [9.17, 15) is 4.79 Å². The molecule has 1 aromatic carbocycles. The maximum absolute atomic E-state index is 10.8. The molecule has 1 amide bonds. The molecule has 0 spiro atoms. The summed E-state index contributed by atoms with van der Waals surface area (Å²) < 4.78 is 2.03. The highest BCUT2D eigenvalue weighted by Gasteiger charge is 2.10. The number of rotatable bonds is 3. The number of nitrogens with one attached hydrogen (secondary N) is 1. The molecule has 6 heteroatoms.